The van der Waals surface area contributed by atoms with Crippen molar-refractivity contribution in [1.82, 2.24) is 10.6 Å². The smallest absolute Gasteiger partial charge is 0.313 e. The number of rotatable bonds is 11. The number of carbonyl (C=O) groups is 5. The fourth-order valence-corrected chi connectivity index (χ4v) is 3.15. The monoisotopic (exact) mass is 548 g/mol. The highest BCUT2D eigenvalue weighted by atomic mass is 19.2. The number of halogens is 3. The Labute approximate surface area is 219 Å². The molecule has 0 aromatic heterocycles. The van der Waals surface area contributed by atoms with Gasteiger partial charge in [0.1, 0.15) is 24.5 Å². The summed E-state index contributed by atoms with van der Waals surface area (Å²) in [5.41, 5.74) is -0.274. The van der Waals surface area contributed by atoms with E-state index in [0.29, 0.717) is 6.07 Å². The van der Waals surface area contributed by atoms with Crippen molar-refractivity contribution < 1.29 is 47.0 Å². The number of aliphatic carboxylic acids is 1. The maximum absolute atomic E-state index is 14.0. The first-order valence-corrected chi connectivity index (χ1v) is 11.3. The van der Waals surface area contributed by atoms with E-state index in [2.05, 4.69) is 16.0 Å². The van der Waals surface area contributed by atoms with Gasteiger partial charge in [-0.15, -0.1) is 0 Å². The number of ether oxygens (including phenoxy) is 1. The van der Waals surface area contributed by atoms with E-state index in [0.717, 1.165) is 6.92 Å². The molecule has 0 spiro atoms. The molecule has 3 amide bonds. The number of nitriles is 1. The largest absolute Gasteiger partial charge is 0.482 e. The summed E-state index contributed by atoms with van der Waals surface area (Å²) in [7, 11) is 0. The van der Waals surface area contributed by atoms with Crippen LogP contribution in [0.2, 0.25) is 0 Å². The molecule has 0 aliphatic rings. The van der Waals surface area contributed by atoms with Gasteiger partial charge >= 0.3 is 17.8 Å². The Morgan fingerprint density at radius 2 is 1.72 bits per heavy atom. The van der Waals surface area contributed by atoms with Crippen LogP contribution in [-0.4, -0.2) is 53.3 Å². The molecule has 11 nitrogen and oxygen atoms in total. The molecule has 2 atom stereocenters. The van der Waals surface area contributed by atoms with Gasteiger partial charge in [0.25, 0.3) is 0 Å². The number of ketones is 1. The summed E-state index contributed by atoms with van der Waals surface area (Å²) in [6, 6.07) is 5.07. The predicted molar refractivity (Wildman–Crippen MR) is 128 cm³/mol. The van der Waals surface area contributed by atoms with Crippen molar-refractivity contribution >= 4 is 35.2 Å². The van der Waals surface area contributed by atoms with Crippen molar-refractivity contribution in [3.05, 3.63) is 58.9 Å². The number of anilines is 1. The minimum atomic E-state index is -1.55. The Morgan fingerprint density at radius 1 is 1.05 bits per heavy atom. The van der Waals surface area contributed by atoms with Gasteiger partial charge < -0.3 is 25.8 Å². The van der Waals surface area contributed by atoms with Crippen molar-refractivity contribution in [3.63, 3.8) is 0 Å². The van der Waals surface area contributed by atoms with E-state index in [4.69, 9.17) is 15.1 Å². The molecule has 0 fully saturated rings. The van der Waals surface area contributed by atoms with Crippen LogP contribution in [0.5, 0.6) is 5.75 Å². The number of carboxylic acids is 1. The molecular weight excluding hydrogens is 525 g/mol. The average molecular weight is 548 g/mol. The van der Waals surface area contributed by atoms with E-state index < -0.39 is 89.8 Å². The second kappa shape index (κ2) is 13.6. The standard InChI is InChI=1S/C25H23F3N4O7/c1-12-15(26)9-16(27)21(28)22(12)39-11-19(33)18(7-8-20(34)35)32-23(36)13(2)30-24(37)25(38)31-17-6-4-3-5-14(17)10-29/h3-6,9,13,18H,7-8,11H2,1-2H3,(H,30,37)(H,31,38)(H,32,36)(H,34,35)/t13-,18-/m0/s1. The summed E-state index contributed by atoms with van der Waals surface area (Å²) < 4.78 is 46.2. The molecule has 0 aliphatic heterocycles. The number of carboxylic acid groups (broad SMARTS) is 1. The number of Topliss-reactive ketones (excluding diaryl/α,β-unsaturated/α-hetero) is 1. The lowest BCUT2D eigenvalue weighted by molar-refractivity contribution is -0.139. The second-order valence-corrected chi connectivity index (χ2v) is 8.16. The SMILES string of the molecule is Cc1c(F)cc(F)c(F)c1OCC(=O)[C@H](CCC(=O)O)NC(=O)[C@H](C)NC(=O)C(=O)Nc1ccccc1C#N. The zero-order chi connectivity index (χ0) is 29.3. The van der Waals surface area contributed by atoms with Crippen molar-refractivity contribution in [1.29, 1.82) is 5.26 Å². The van der Waals surface area contributed by atoms with E-state index in [1.165, 1.54) is 25.1 Å². The van der Waals surface area contributed by atoms with E-state index in [1.54, 1.807) is 6.07 Å². The van der Waals surface area contributed by atoms with Gasteiger partial charge in [-0.3, -0.25) is 24.0 Å². The molecule has 4 N–H and O–H groups in total. The molecule has 2 rings (SSSR count). The Bertz CT molecular complexity index is 1320. The molecule has 14 heteroatoms. The van der Waals surface area contributed by atoms with Crippen LogP contribution in [0.15, 0.2) is 30.3 Å². The number of para-hydroxylation sites is 1. The molecule has 0 aliphatic carbocycles. The first-order chi connectivity index (χ1) is 18.3. The fraction of sp³-hybridized carbons (Fsp3) is 0.280. The second-order valence-electron chi connectivity index (χ2n) is 8.16. The number of nitrogens with zero attached hydrogens (tertiary/aromatic N) is 1. The van der Waals surface area contributed by atoms with Gasteiger partial charge in [-0.25, -0.2) is 8.78 Å². The summed E-state index contributed by atoms with van der Waals surface area (Å²) in [6.07, 6.45) is -1.02. The molecular formula is C25H23F3N4O7. The molecule has 2 aromatic carbocycles. The number of carbonyl (C=O) groups excluding carboxylic acids is 4. The van der Waals surface area contributed by atoms with E-state index in [-0.39, 0.29) is 11.3 Å². The minimum absolute atomic E-state index is 0.0569. The lowest BCUT2D eigenvalue weighted by atomic mass is 10.1. The number of amides is 3. The van der Waals surface area contributed by atoms with Crippen LogP contribution in [0, 0.1) is 35.7 Å². The third kappa shape index (κ3) is 8.29. The molecule has 0 unspecified atom stereocenters. The van der Waals surface area contributed by atoms with Crippen molar-refractivity contribution in [2.75, 3.05) is 11.9 Å². The van der Waals surface area contributed by atoms with Crippen LogP contribution in [0.3, 0.4) is 0 Å². The van der Waals surface area contributed by atoms with Gasteiger partial charge in [-0.1, -0.05) is 12.1 Å². The average Bonchev–Trinajstić information content (AvgIpc) is 2.89. The molecule has 39 heavy (non-hydrogen) atoms. The molecule has 0 saturated carbocycles. The van der Waals surface area contributed by atoms with Gasteiger partial charge in [0.2, 0.25) is 11.7 Å². The van der Waals surface area contributed by atoms with Crippen molar-refractivity contribution in [3.8, 4) is 11.8 Å². The summed E-state index contributed by atoms with van der Waals surface area (Å²) >= 11 is 0. The first-order valence-electron chi connectivity index (χ1n) is 11.3. The van der Waals surface area contributed by atoms with Gasteiger partial charge in [0.05, 0.1) is 17.3 Å². The van der Waals surface area contributed by atoms with Crippen LogP contribution in [0.1, 0.15) is 30.9 Å². The quantitative estimate of drug-likeness (QED) is 0.243. The van der Waals surface area contributed by atoms with Gasteiger partial charge in [0.15, 0.2) is 17.3 Å². The normalized spacial score (nSPS) is 11.9. The molecule has 0 radical (unpaired) electrons. The summed E-state index contributed by atoms with van der Waals surface area (Å²) in [6.45, 7) is 1.28. The third-order valence-electron chi connectivity index (χ3n) is 5.31. The highest BCUT2D eigenvalue weighted by molar-refractivity contribution is 6.40. The topological polar surface area (TPSA) is 175 Å². The van der Waals surface area contributed by atoms with Gasteiger partial charge in [-0.2, -0.15) is 9.65 Å². The van der Waals surface area contributed by atoms with Crippen molar-refractivity contribution in [2.24, 2.45) is 0 Å². The summed E-state index contributed by atoms with van der Waals surface area (Å²) in [5, 5.41) is 24.6. The Kier molecular flexibility index (Phi) is 10.5. The predicted octanol–water partition coefficient (Wildman–Crippen LogP) is 1.72. The minimum Gasteiger partial charge on any atom is -0.482 e. The maximum Gasteiger partial charge on any atom is 0.313 e. The highest BCUT2D eigenvalue weighted by Crippen LogP contribution is 2.27. The lowest BCUT2D eigenvalue weighted by Gasteiger charge is -2.21. The number of hydrogen-bond donors (Lipinski definition) is 4. The third-order valence-corrected chi connectivity index (χ3v) is 5.31. The molecule has 0 saturated heterocycles. The van der Waals surface area contributed by atoms with E-state index >= 15 is 0 Å². The van der Waals surface area contributed by atoms with E-state index in [1.807, 2.05) is 6.07 Å². The molecule has 0 heterocycles. The number of benzene rings is 2. The van der Waals surface area contributed by atoms with Crippen LogP contribution in [0.4, 0.5) is 18.9 Å². The first kappa shape index (κ1) is 30.3. The van der Waals surface area contributed by atoms with Gasteiger partial charge in [0, 0.05) is 18.1 Å². The summed E-state index contributed by atoms with van der Waals surface area (Å²) in [5.74, 6) is -10.8. The Morgan fingerprint density at radius 3 is 2.36 bits per heavy atom. The number of hydrogen-bond acceptors (Lipinski definition) is 7. The fourth-order valence-electron chi connectivity index (χ4n) is 3.15. The summed E-state index contributed by atoms with van der Waals surface area (Å²) in [4.78, 5) is 60.7. The maximum atomic E-state index is 14.0. The van der Waals surface area contributed by atoms with Gasteiger partial charge in [-0.05, 0) is 32.4 Å². The van der Waals surface area contributed by atoms with Crippen LogP contribution >= 0.6 is 0 Å². The Balaban J connectivity index is 2.05. The zero-order valence-electron chi connectivity index (χ0n) is 20.6. The zero-order valence-corrected chi connectivity index (χ0v) is 20.6. The number of nitrogens with one attached hydrogen (secondary N) is 3. The molecule has 2 aromatic rings. The van der Waals surface area contributed by atoms with E-state index in [9.17, 15) is 37.1 Å². The molecule has 206 valence electrons. The van der Waals surface area contributed by atoms with Crippen LogP contribution < -0.4 is 20.7 Å². The van der Waals surface area contributed by atoms with Crippen molar-refractivity contribution in [2.45, 2.75) is 38.8 Å². The van der Waals surface area contributed by atoms with Crippen LogP contribution in [0.25, 0.3) is 0 Å². The Hall–Kier alpha value is -4.93. The highest BCUT2D eigenvalue weighted by Gasteiger charge is 2.28. The molecule has 0 bridgehead atoms. The van der Waals surface area contributed by atoms with Crippen LogP contribution in [-0.2, 0) is 24.0 Å². The lowest BCUT2D eigenvalue weighted by Crippen LogP contribution is -2.52.